The van der Waals surface area contributed by atoms with Gasteiger partial charge < -0.3 is 4.57 Å². The second kappa shape index (κ2) is 5.10. The highest BCUT2D eigenvalue weighted by molar-refractivity contribution is 7.89. The number of aryl methyl sites for hydroxylation is 3. The van der Waals surface area contributed by atoms with Crippen LogP contribution in [0, 0.1) is 6.92 Å². The fourth-order valence-electron chi connectivity index (χ4n) is 1.93. The first-order valence-electron chi connectivity index (χ1n) is 5.84. The van der Waals surface area contributed by atoms with Crippen LogP contribution in [-0.2, 0) is 29.9 Å². The Balaban J connectivity index is 2.15. The van der Waals surface area contributed by atoms with Crippen LogP contribution < -0.4 is 5.14 Å². The molecule has 0 unspecified atom stereocenters. The van der Waals surface area contributed by atoms with E-state index in [1.54, 1.807) is 7.05 Å². The summed E-state index contributed by atoms with van der Waals surface area (Å²) >= 11 is 0. The van der Waals surface area contributed by atoms with Crippen molar-refractivity contribution < 1.29 is 8.42 Å². The molecule has 102 valence electrons. The van der Waals surface area contributed by atoms with Gasteiger partial charge in [-0.15, -0.1) is 10.2 Å². The number of benzene rings is 1. The highest BCUT2D eigenvalue weighted by Crippen LogP contribution is 2.10. The molecule has 2 N–H and O–H groups in total. The summed E-state index contributed by atoms with van der Waals surface area (Å²) in [6.07, 6.45) is 1.39. The lowest BCUT2D eigenvalue weighted by molar-refractivity contribution is 0.577. The van der Waals surface area contributed by atoms with Crippen molar-refractivity contribution in [2.75, 3.05) is 0 Å². The number of hydrogen-bond acceptors (Lipinski definition) is 4. The summed E-state index contributed by atoms with van der Waals surface area (Å²) in [6.45, 7) is 2.03. The molecule has 6 nitrogen and oxygen atoms in total. The van der Waals surface area contributed by atoms with Gasteiger partial charge in [-0.1, -0.05) is 29.8 Å². The van der Waals surface area contributed by atoms with Gasteiger partial charge in [0.05, 0.1) is 0 Å². The van der Waals surface area contributed by atoms with Gasteiger partial charge in [0.25, 0.3) is 15.2 Å². The Kier molecular flexibility index (Phi) is 3.68. The fourth-order valence-corrected chi connectivity index (χ4v) is 2.58. The molecule has 2 rings (SSSR count). The van der Waals surface area contributed by atoms with Crippen molar-refractivity contribution in [1.82, 2.24) is 14.8 Å². The molecule has 0 aliphatic heterocycles. The van der Waals surface area contributed by atoms with E-state index < -0.39 is 10.0 Å². The molecule has 0 spiro atoms. The summed E-state index contributed by atoms with van der Waals surface area (Å²) in [5.41, 5.74) is 2.38. The first-order chi connectivity index (χ1) is 8.88. The topological polar surface area (TPSA) is 90.9 Å². The van der Waals surface area contributed by atoms with Gasteiger partial charge in [-0.2, -0.15) is 0 Å². The Hall–Kier alpha value is -1.73. The molecule has 0 atom stereocenters. The van der Waals surface area contributed by atoms with Gasteiger partial charge in [0, 0.05) is 13.5 Å². The fraction of sp³-hybridized carbons (Fsp3) is 0.333. The van der Waals surface area contributed by atoms with Crippen molar-refractivity contribution in [2.24, 2.45) is 12.2 Å². The summed E-state index contributed by atoms with van der Waals surface area (Å²) in [6, 6.07) is 8.16. The standard InChI is InChI=1S/C12H16N4O2S/c1-9-4-3-5-10(8-9)6-7-11-14-15-12(16(11)2)19(13,17)18/h3-5,8H,6-7H2,1-2H3,(H2,13,17,18). The molecule has 0 aliphatic rings. The number of nitrogens with two attached hydrogens (primary N) is 1. The van der Waals surface area contributed by atoms with Crippen molar-refractivity contribution in [2.45, 2.75) is 24.9 Å². The van der Waals surface area contributed by atoms with Gasteiger partial charge in [0.2, 0.25) is 0 Å². The molecule has 0 radical (unpaired) electrons. The molecular formula is C12H16N4O2S. The van der Waals surface area contributed by atoms with Gasteiger partial charge in [-0.05, 0) is 18.9 Å². The average molecular weight is 280 g/mol. The third kappa shape index (κ3) is 3.18. The number of sulfonamides is 1. The van der Waals surface area contributed by atoms with Crippen LogP contribution in [0.3, 0.4) is 0 Å². The zero-order valence-corrected chi connectivity index (χ0v) is 11.7. The first kappa shape index (κ1) is 13.7. The predicted molar refractivity (Wildman–Crippen MR) is 71.0 cm³/mol. The van der Waals surface area contributed by atoms with E-state index in [2.05, 4.69) is 16.3 Å². The smallest absolute Gasteiger partial charge is 0.273 e. The van der Waals surface area contributed by atoms with Gasteiger partial charge in [0.15, 0.2) is 0 Å². The van der Waals surface area contributed by atoms with Gasteiger partial charge >= 0.3 is 0 Å². The maximum Gasteiger partial charge on any atom is 0.273 e. The highest BCUT2D eigenvalue weighted by Gasteiger charge is 2.18. The van der Waals surface area contributed by atoms with Crippen LogP contribution in [0.15, 0.2) is 29.4 Å². The summed E-state index contributed by atoms with van der Waals surface area (Å²) in [7, 11) is -2.21. The lowest BCUT2D eigenvalue weighted by atomic mass is 10.1. The van der Waals surface area contributed by atoms with E-state index >= 15 is 0 Å². The van der Waals surface area contributed by atoms with Crippen molar-refractivity contribution >= 4 is 10.0 Å². The van der Waals surface area contributed by atoms with Crippen molar-refractivity contribution in [3.8, 4) is 0 Å². The van der Waals surface area contributed by atoms with Crippen molar-refractivity contribution in [1.29, 1.82) is 0 Å². The third-order valence-corrected chi connectivity index (χ3v) is 3.76. The maximum absolute atomic E-state index is 11.2. The van der Waals surface area contributed by atoms with Crippen LogP contribution in [0.4, 0.5) is 0 Å². The number of hydrogen-bond donors (Lipinski definition) is 1. The van der Waals surface area contributed by atoms with E-state index in [1.165, 1.54) is 15.7 Å². The Morgan fingerprint density at radius 2 is 2.00 bits per heavy atom. The number of primary sulfonamides is 1. The number of nitrogens with zero attached hydrogens (tertiary/aromatic N) is 3. The Morgan fingerprint density at radius 1 is 1.26 bits per heavy atom. The molecule has 0 fully saturated rings. The first-order valence-corrected chi connectivity index (χ1v) is 7.39. The molecule has 1 heterocycles. The molecule has 0 aliphatic carbocycles. The molecule has 19 heavy (non-hydrogen) atoms. The highest BCUT2D eigenvalue weighted by atomic mass is 32.2. The Bertz CT molecular complexity index is 692. The van der Waals surface area contributed by atoms with E-state index in [1.807, 2.05) is 25.1 Å². The SMILES string of the molecule is Cc1cccc(CCc2nnc(S(N)(=O)=O)n2C)c1. The zero-order chi connectivity index (χ0) is 14.0. The molecule has 0 saturated heterocycles. The Morgan fingerprint density at radius 3 is 2.58 bits per heavy atom. The van der Waals surface area contributed by atoms with Gasteiger partial charge in [0.1, 0.15) is 5.82 Å². The minimum atomic E-state index is -3.81. The van der Waals surface area contributed by atoms with Crippen molar-refractivity contribution in [3.63, 3.8) is 0 Å². The lowest BCUT2D eigenvalue weighted by Crippen LogP contribution is -2.17. The second-order valence-corrected chi connectivity index (χ2v) is 5.95. The minimum Gasteiger partial charge on any atom is -0.304 e. The van der Waals surface area contributed by atoms with E-state index in [0.29, 0.717) is 12.2 Å². The number of rotatable bonds is 4. The monoisotopic (exact) mass is 280 g/mol. The summed E-state index contributed by atoms with van der Waals surface area (Å²) in [4.78, 5) is 0. The van der Waals surface area contributed by atoms with Crippen LogP contribution in [0.25, 0.3) is 0 Å². The van der Waals surface area contributed by atoms with Gasteiger partial charge in [-0.3, -0.25) is 0 Å². The molecule has 0 saturated carbocycles. The summed E-state index contributed by atoms with van der Waals surface area (Å²) < 4.78 is 23.9. The van der Waals surface area contributed by atoms with E-state index in [4.69, 9.17) is 5.14 Å². The minimum absolute atomic E-state index is 0.202. The molecule has 0 bridgehead atoms. The normalized spacial score (nSPS) is 11.7. The quantitative estimate of drug-likeness (QED) is 0.885. The molecule has 0 amide bonds. The van der Waals surface area contributed by atoms with Gasteiger partial charge in [-0.25, -0.2) is 13.6 Å². The van der Waals surface area contributed by atoms with Crippen LogP contribution in [-0.4, -0.2) is 23.2 Å². The molecule has 7 heteroatoms. The van der Waals surface area contributed by atoms with Crippen molar-refractivity contribution in [3.05, 3.63) is 41.2 Å². The summed E-state index contributed by atoms with van der Waals surface area (Å²) in [5.74, 6) is 0.602. The molecule has 2 aromatic rings. The van der Waals surface area contributed by atoms with Crippen LogP contribution in [0.5, 0.6) is 0 Å². The largest absolute Gasteiger partial charge is 0.304 e. The van der Waals surface area contributed by atoms with Crippen LogP contribution in [0.2, 0.25) is 0 Å². The number of aromatic nitrogens is 3. The maximum atomic E-state index is 11.2. The summed E-state index contributed by atoms with van der Waals surface area (Å²) in [5, 5.41) is 12.3. The molecule has 1 aromatic carbocycles. The average Bonchev–Trinajstić information content (AvgIpc) is 2.68. The van der Waals surface area contributed by atoms with Crippen LogP contribution in [0.1, 0.15) is 17.0 Å². The van der Waals surface area contributed by atoms with E-state index in [-0.39, 0.29) is 5.16 Å². The lowest BCUT2D eigenvalue weighted by Gasteiger charge is -2.03. The van der Waals surface area contributed by atoms with Crippen LogP contribution >= 0.6 is 0 Å². The predicted octanol–water partition coefficient (Wildman–Crippen LogP) is 0.556. The molecular weight excluding hydrogens is 264 g/mol. The zero-order valence-electron chi connectivity index (χ0n) is 10.9. The Labute approximate surface area is 112 Å². The van der Waals surface area contributed by atoms with E-state index in [9.17, 15) is 8.42 Å². The van der Waals surface area contributed by atoms with E-state index in [0.717, 1.165) is 6.42 Å². The second-order valence-electron chi connectivity index (χ2n) is 4.49. The molecule has 1 aromatic heterocycles. The third-order valence-electron chi connectivity index (χ3n) is 2.90.